The van der Waals surface area contributed by atoms with Gasteiger partial charge in [-0.25, -0.2) is 4.79 Å². The molecule has 1 aromatic carbocycles. The highest BCUT2D eigenvalue weighted by Gasteiger charge is 2.28. The van der Waals surface area contributed by atoms with Crippen LogP contribution in [0.15, 0.2) is 41.3 Å². The summed E-state index contributed by atoms with van der Waals surface area (Å²) in [6.07, 6.45) is 2.05. The van der Waals surface area contributed by atoms with E-state index < -0.39 is 0 Å². The van der Waals surface area contributed by atoms with Gasteiger partial charge in [0.25, 0.3) is 5.56 Å². The van der Waals surface area contributed by atoms with Crippen molar-refractivity contribution < 1.29 is 9.53 Å². The van der Waals surface area contributed by atoms with Crippen molar-refractivity contribution in [2.45, 2.75) is 19.9 Å². The molecule has 4 rings (SSSR count). The van der Waals surface area contributed by atoms with Crippen molar-refractivity contribution in [1.29, 1.82) is 0 Å². The molecule has 3 aliphatic rings. The van der Waals surface area contributed by atoms with Crippen LogP contribution >= 0.6 is 0 Å². The summed E-state index contributed by atoms with van der Waals surface area (Å²) >= 11 is 0. The first-order chi connectivity index (χ1) is 12.2. The van der Waals surface area contributed by atoms with Gasteiger partial charge in [-0.05, 0) is 19.1 Å². The predicted octanol–water partition coefficient (Wildman–Crippen LogP) is 2.18. The topological polar surface area (TPSA) is 80.2 Å². The molecule has 0 aliphatic carbocycles. The van der Waals surface area contributed by atoms with E-state index in [2.05, 4.69) is 10.1 Å². The molecule has 1 amide bonds. The summed E-state index contributed by atoms with van der Waals surface area (Å²) in [4.78, 5) is 29.6. The van der Waals surface area contributed by atoms with E-state index in [1.54, 1.807) is 18.0 Å². The van der Waals surface area contributed by atoms with Gasteiger partial charge in [0.15, 0.2) is 0 Å². The Morgan fingerprint density at radius 2 is 2.12 bits per heavy atom. The van der Waals surface area contributed by atoms with Crippen molar-refractivity contribution in [1.82, 2.24) is 19.7 Å². The fraction of sp³-hybridized carbons (Fsp3) is 0.278. The van der Waals surface area contributed by atoms with Crippen molar-refractivity contribution in [3.8, 4) is 16.9 Å². The van der Waals surface area contributed by atoms with Gasteiger partial charge in [-0.15, -0.1) is 0 Å². The molecule has 0 saturated carbocycles. The van der Waals surface area contributed by atoms with E-state index in [1.807, 2.05) is 30.3 Å². The van der Waals surface area contributed by atoms with E-state index in [1.165, 1.54) is 4.68 Å². The van der Waals surface area contributed by atoms with Crippen molar-refractivity contribution in [3.63, 3.8) is 0 Å². The molecule has 0 saturated heterocycles. The maximum absolute atomic E-state index is 12.7. The van der Waals surface area contributed by atoms with Crippen LogP contribution in [0.5, 0.6) is 0 Å². The van der Waals surface area contributed by atoms with Gasteiger partial charge in [0.1, 0.15) is 5.69 Å². The van der Waals surface area contributed by atoms with E-state index in [-0.39, 0.29) is 11.7 Å². The SMILES string of the molecule is CCOC(=O)N1CCc2[nH]cc3c(=O)n(-c4ccccc4)nc-3c2C1. The summed E-state index contributed by atoms with van der Waals surface area (Å²) < 4.78 is 6.50. The number of nitrogens with one attached hydrogen (secondary N) is 1. The quantitative estimate of drug-likeness (QED) is 0.777. The molecule has 0 radical (unpaired) electrons. The maximum Gasteiger partial charge on any atom is 0.410 e. The minimum atomic E-state index is -0.338. The van der Waals surface area contributed by atoms with Crippen LogP contribution in [0.25, 0.3) is 16.9 Å². The van der Waals surface area contributed by atoms with Gasteiger partial charge in [-0.2, -0.15) is 9.78 Å². The highest BCUT2D eigenvalue weighted by Crippen LogP contribution is 2.28. The van der Waals surface area contributed by atoms with Gasteiger partial charge < -0.3 is 14.6 Å². The zero-order chi connectivity index (χ0) is 17.4. The van der Waals surface area contributed by atoms with Crippen LogP contribution in [-0.4, -0.2) is 38.9 Å². The van der Waals surface area contributed by atoms with Crippen LogP contribution in [-0.2, 0) is 17.7 Å². The molecule has 0 fully saturated rings. The van der Waals surface area contributed by atoms with Crippen LogP contribution in [0.3, 0.4) is 0 Å². The highest BCUT2D eigenvalue weighted by atomic mass is 16.6. The average molecular weight is 338 g/mol. The predicted molar refractivity (Wildman–Crippen MR) is 91.9 cm³/mol. The lowest BCUT2D eigenvalue weighted by Crippen LogP contribution is -2.37. The number of amides is 1. The van der Waals surface area contributed by atoms with Crippen molar-refractivity contribution in [2.75, 3.05) is 13.2 Å². The molecule has 7 nitrogen and oxygen atoms in total. The number of rotatable bonds is 2. The second kappa shape index (κ2) is 6.08. The summed E-state index contributed by atoms with van der Waals surface area (Å²) in [5.74, 6) is 0. The Bertz CT molecular complexity index is 945. The zero-order valence-corrected chi connectivity index (χ0v) is 13.9. The fourth-order valence-corrected chi connectivity index (χ4v) is 3.18. The molecular weight excluding hydrogens is 320 g/mol. The third-order valence-electron chi connectivity index (χ3n) is 4.43. The zero-order valence-electron chi connectivity index (χ0n) is 13.9. The monoisotopic (exact) mass is 338 g/mol. The molecule has 3 heterocycles. The molecule has 0 bridgehead atoms. The molecule has 1 N–H and O–H groups in total. The lowest BCUT2D eigenvalue weighted by molar-refractivity contribution is 0.102. The van der Waals surface area contributed by atoms with Crippen LogP contribution in [0.1, 0.15) is 18.2 Å². The largest absolute Gasteiger partial charge is 0.450 e. The number of hydrogen-bond acceptors (Lipinski definition) is 4. The number of carbonyl (C=O) groups excluding carboxylic acids is 1. The molecule has 0 aromatic heterocycles. The third-order valence-corrected chi connectivity index (χ3v) is 4.43. The first kappa shape index (κ1) is 15.4. The Balaban J connectivity index is 1.79. The number of nitrogens with zero attached hydrogens (tertiary/aromatic N) is 3. The molecule has 3 aliphatic heterocycles. The van der Waals surface area contributed by atoms with Crippen LogP contribution in [0.4, 0.5) is 4.79 Å². The Hall–Kier alpha value is -3.09. The van der Waals surface area contributed by atoms with Crippen LogP contribution in [0.2, 0.25) is 0 Å². The number of fused-ring (bicyclic) bond motifs is 3. The molecule has 1 aromatic rings. The van der Waals surface area contributed by atoms with Crippen molar-refractivity contribution in [2.24, 2.45) is 0 Å². The molecule has 25 heavy (non-hydrogen) atoms. The summed E-state index contributed by atoms with van der Waals surface area (Å²) in [5, 5.41) is 4.54. The van der Waals surface area contributed by atoms with E-state index in [4.69, 9.17) is 4.74 Å². The smallest absolute Gasteiger partial charge is 0.410 e. The van der Waals surface area contributed by atoms with Gasteiger partial charge >= 0.3 is 6.09 Å². The van der Waals surface area contributed by atoms with Crippen molar-refractivity contribution in [3.05, 3.63) is 58.1 Å². The third kappa shape index (κ3) is 2.57. The van der Waals surface area contributed by atoms with Gasteiger partial charge in [-0.3, -0.25) is 4.79 Å². The fourth-order valence-electron chi connectivity index (χ4n) is 3.18. The van der Waals surface area contributed by atoms with Crippen LogP contribution < -0.4 is 5.56 Å². The Morgan fingerprint density at radius 3 is 2.88 bits per heavy atom. The van der Waals surface area contributed by atoms with Crippen molar-refractivity contribution >= 4 is 6.09 Å². The molecule has 0 unspecified atom stereocenters. The second-order valence-electron chi connectivity index (χ2n) is 5.93. The van der Waals surface area contributed by atoms with Gasteiger partial charge in [0.2, 0.25) is 0 Å². The molecule has 0 spiro atoms. The lowest BCUT2D eigenvalue weighted by atomic mass is 10.0. The number of benzene rings is 1. The number of aromatic nitrogens is 3. The number of para-hydroxylation sites is 1. The first-order valence-electron chi connectivity index (χ1n) is 8.28. The number of ether oxygens (including phenoxy) is 1. The summed E-state index contributed by atoms with van der Waals surface area (Å²) in [6.45, 7) is 3.09. The Morgan fingerprint density at radius 1 is 1.32 bits per heavy atom. The van der Waals surface area contributed by atoms with E-state index in [0.717, 1.165) is 16.9 Å². The molecule has 7 heteroatoms. The number of aromatic amines is 1. The average Bonchev–Trinajstić information content (AvgIpc) is 2.99. The van der Waals surface area contributed by atoms with Gasteiger partial charge in [0.05, 0.1) is 24.4 Å². The number of H-pyrrole nitrogens is 1. The van der Waals surface area contributed by atoms with Gasteiger partial charge in [-0.1, -0.05) is 18.2 Å². The summed E-state index contributed by atoms with van der Waals surface area (Å²) in [7, 11) is 0. The maximum atomic E-state index is 12.7. The van der Waals surface area contributed by atoms with Crippen LogP contribution in [0, 0.1) is 0 Å². The van der Waals surface area contributed by atoms with E-state index in [9.17, 15) is 9.59 Å². The first-order valence-corrected chi connectivity index (χ1v) is 8.28. The number of hydrogen-bond donors (Lipinski definition) is 1. The molecule has 0 atom stereocenters. The second-order valence-corrected chi connectivity index (χ2v) is 5.93. The number of pyridine rings is 1. The molecule has 128 valence electrons. The Kier molecular flexibility index (Phi) is 3.76. The molecular formula is C18H18N4O3. The number of carbonyl (C=O) groups is 1. The summed E-state index contributed by atoms with van der Waals surface area (Å²) in [5.41, 5.74) is 3.59. The minimum Gasteiger partial charge on any atom is -0.450 e. The lowest BCUT2D eigenvalue weighted by Gasteiger charge is -2.28. The Labute approximate surface area is 144 Å². The van der Waals surface area contributed by atoms with Gasteiger partial charge in [0, 0.05) is 30.4 Å². The van der Waals surface area contributed by atoms with E-state index >= 15 is 0 Å². The highest BCUT2D eigenvalue weighted by molar-refractivity contribution is 5.70. The minimum absolute atomic E-state index is 0.173. The standard InChI is InChI=1S/C18H18N4O3/c1-2-25-18(24)21-9-8-15-14(11-21)16-13(10-19-15)17(23)22(20-16)12-6-4-3-5-7-12/h3-7,10,19H,2,8-9,11H2,1H3. The summed E-state index contributed by atoms with van der Waals surface area (Å²) in [6, 6.07) is 9.31. The normalized spacial score (nSPS) is 13.7. The van der Waals surface area contributed by atoms with E-state index in [0.29, 0.717) is 37.4 Å².